The van der Waals surface area contributed by atoms with Crippen molar-refractivity contribution >= 4 is 23.4 Å². The standard InChI is InChI=1S/C25H22FN5O.C2H6/c1-15-11-21-19(22(32)12-15)8-9-20(29-21)25-30-23(16-5-2-3-10-28-14-16)24(27)31(25)18-7-4-6-17(26)13-18;1-2/h2-9,13-15H,10-12,27H2,1H3;1-2H3. The molecule has 0 fully saturated rings. The number of hydrogen-bond donors (Lipinski definition) is 1. The first-order chi connectivity index (χ1) is 16.5. The van der Waals surface area contributed by atoms with Crippen LogP contribution in [0.25, 0.3) is 22.8 Å². The highest BCUT2D eigenvalue weighted by atomic mass is 19.1. The first kappa shape index (κ1) is 23.3. The molecule has 3 aromatic rings. The Labute approximate surface area is 198 Å². The molecule has 1 atom stereocenters. The number of ketones is 1. The molecule has 2 aromatic heterocycles. The van der Waals surface area contributed by atoms with Gasteiger partial charge in [-0.3, -0.25) is 14.4 Å². The van der Waals surface area contributed by atoms with E-state index < -0.39 is 0 Å². The van der Waals surface area contributed by atoms with Crippen LogP contribution in [0, 0.1) is 11.7 Å². The largest absolute Gasteiger partial charge is 0.383 e. The number of fused-ring (bicyclic) bond motifs is 1. The number of halogens is 1. The summed E-state index contributed by atoms with van der Waals surface area (Å²) >= 11 is 0. The number of nitrogens with two attached hydrogens (primary N) is 1. The lowest BCUT2D eigenvalue weighted by Gasteiger charge is -2.20. The Morgan fingerprint density at radius 1 is 1.12 bits per heavy atom. The van der Waals surface area contributed by atoms with E-state index in [0.29, 0.717) is 47.2 Å². The Balaban J connectivity index is 0.00000133. The van der Waals surface area contributed by atoms with Gasteiger partial charge >= 0.3 is 0 Å². The van der Waals surface area contributed by atoms with E-state index in [1.165, 1.54) is 12.1 Å². The van der Waals surface area contributed by atoms with Crippen LogP contribution in [-0.2, 0) is 6.42 Å². The number of benzene rings is 1. The van der Waals surface area contributed by atoms with Crippen LogP contribution >= 0.6 is 0 Å². The van der Waals surface area contributed by atoms with Crippen LogP contribution in [0.2, 0.25) is 0 Å². The first-order valence-corrected chi connectivity index (χ1v) is 11.6. The molecule has 0 bridgehead atoms. The van der Waals surface area contributed by atoms with E-state index in [1.807, 2.05) is 39.0 Å². The summed E-state index contributed by atoms with van der Waals surface area (Å²) in [7, 11) is 0. The second kappa shape index (κ2) is 9.95. The number of rotatable bonds is 3. The van der Waals surface area contributed by atoms with Gasteiger partial charge in [-0.25, -0.2) is 14.4 Å². The number of carbonyl (C=O) groups excluding carboxylic acids is 1. The molecule has 0 radical (unpaired) electrons. The molecule has 1 unspecified atom stereocenters. The lowest BCUT2D eigenvalue weighted by molar-refractivity contribution is 0.0952. The highest BCUT2D eigenvalue weighted by molar-refractivity contribution is 6.11. The van der Waals surface area contributed by atoms with E-state index in [2.05, 4.69) is 4.99 Å². The van der Waals surface area contributed by atoms with Crippen LogP contribution < -0.4 is 5.73 Å². The number of nitrogens with zero attached hydrogens (tertiary/aromatic N) is 4. The van der Waals surface area contributed by atoms with Crippen LogP contribution in [0.5, 0.6) is 0 Å². The molecule has 0 saturated carbocycles. The molecule has 174 valence electrons. The van der Waals surface area contributed by atoms with Gasteiger partial charge < -0.3 is 5.73 Å². The molecule has 1 aliphatic carbocycles. The van der Waals surface area contributed by atoms with Crippen molar-refractivity contribution in [3.05, 3.63) is 77.4 Å². The molecule has 0 amide bonds. The Bertz CT molecular complexity index is 1320. The normalized spacial score (nSPS) is 16.9. The van der Waals surface area contributed by atoms with E-state index in [9.17, 15) is 9.18 Å². The summed E-state index contributed by atoms with van der Waals surface area (Å²) in [6.45, 7) is 6.63. The van der Waals surface area contributed by atoms with E-state index >= 15 is 0 Å². The van der Waals surface area contributed by atoms with Gasteiger partial charge in [-0.2, -0.15) is 0 Å². The maximum Gasteiger partial charge on any atom is 0.165 e. The second-order valence-corrected chi connectivity index (χ2v) is 8.16. The number of allylic oxidation sites excluding steroid dienone is 3. The smallest absolute Gasteiger partial charge is 0.165 e. The summed E-state index contributed by atoms with van der Waals surface area (Å²) in [6, 6.07) is 9.78. The zero-order valence-corrected chi connectivity index (χ0v) is 19.6. The summed E-state index contributed by atoms with van der Waals surface area (Å²) < 4.78 is 15.8. The van der Waals surface area contributed by atoms with E-state index in [0.717, 1.165) is 17.7 Å². The Morgan fingerprint density at radius 3 is 2.74 bits per heavy atom. The molecule has 1 aliphatic heterocycles. The fraction of sp³-hybridized carbons (Fsp3) is 0.259. The van der Waals surface area contributed by atoms with Crippen molar-refractivity contribution in [2.75, 3.05) is 12.3 Å². The maximum absolute atomic E-state index is 14.1. The van der Waals surface area contributed by atoms with Gasteiger partial charge in [-0.05, 0) is 42.7 Å². The minimum atomic E-state index is -0.376. The highest BCUT2D eigenvalue weighted by Crippen LogP contribution is 2.33. The van der Waals surface area contributed by atoms with Crippen LogP contribution in [0.1, 0.15) is 48.9 Å². The third-order valence-electron chi connectivity index (χ3n) is 5.69. The number of Topliss-reactive ketones (excluding diaryl/α,β-unsaturated/α-hetero) is 1. The molecule has 3 heterocycles. The minimum Gasteiger partial charge on any atom is -0.383 e. The summed E-state index contributed by atoms with van der Waals surface area (Å²) in [5, 5.41) is 0. The Kier molecular flexibility index (Phi) is 6.82. The minimum absolute atomic E-state index is 0.109. The SMILES string of the molecule is CC.CC1CC(=O)c2ccc(-c3nc(C4=CC=CCN=C4)c(N)n3-c3cccc(F)c3)nc2C1. The highest BCUT2D eigenvalue weighted by Gasteiger charge is 2.26. The third-order valence-corrected chi connectivity index (χ3v) is 5.69. The Morgan fingerprint density at radius 2 is 1.94 bits per heavy atom. The van der Waals surface area contributed by atoms with Crippen molar-refractivity contribution in [2.24, 2.45) is 10.9 Å². The molecule has 2 N–H and O–H groups in total. The number of hydrogen-bond acceptors (Lipinski definition) is 5. The molecule has 6 nitrogen and oxygen atoms in total. The fourth-order valence-electron chi connectivity index (χ4n) is 4.19. The maximum atomic E-state index is 14.1. The summed E-state index contributed by atoms with van der Waals surface area (Å²) in [6.07, 6.45) is 8.74. The molecule has 5 rings (SSSR count). The van der Waals surface area contributed by atoms with Crippen LogP contribution in [0.15, 0.2) is 59.6 Å². The van der Waals surface area contributed by atoms with Crippen molar-refractivity contribution in [2.45, 2.75) is 33.6 Å². The average molecular weight is 458 g/mol. The van der Waals surface area contributed by atoms with Crippen LogP contribution in [0.3, 0.4) is 0 Å². The molecule has 34 heavy (non-hydrogen) atoms. The molecule has 1 aromatic carbocycles. The predicted octanol–water partition coefficient (Wildman–Crippen LogP) is 5.47. The van der Waals surface area contributed by atoms with E-state index in [4.69, 9.17) is 15.7 Å². The lowest BCUT2D eigenvalue weighted by Crippen LogP contribution is -2.19. The summed E-state index contributed by atoms with van der Waals surface area (Å²) in [5.74, 6) is 0.819. The van der Waals surface area contributed by atoms with Crippen LogP contribution in [0.4, 0.5) is 10.2 Å². The quantitative estimate of drug-likeness (QED) is 0.565. The number of carbonyl (C=O) groups is 1. The third kappa shape index (κ3) is 4.46. The number of pyridine rings is 1. The topological polar surface area (TPSA) is 86.2 Å². The number of imidazole rings is 1. The van der Waals surface area contributed by atoms with Gasteiger partial charge in [0.05, 0.1) is 17.9 Å². The van der Waals surface area contributed by atoms with Gasteiger partial charge in [0, 0.05) is 23.8 Å². The number of aliphatic imine (C=N–C) groups is 1. The van der Waals surface area contributed by atoms with Gasteiger partial charge in [0.1, 0.15) is 23.0 Å². The van der Waals surface area contributed by atoms with E-state index in [-0.39, 0.29) is 17.5 Å². The zero-order chi connectivity index (χ0) is 24.2. The molecule has 0 saturated heterocycles. The van der Waals surface area contributed by atoms with Crippen molar-refractivity contribution in [1.82, 2.24) is 14.5 Å². The molecular formula is C27H28FN5O. The lowest BCUT2D eigenvalue weighted by atomic mass is 9.87. The molecular weight excluding hydrogens is 429 g/mol. The van der Waals surface area contributed by atoms with E-state index in [1.54, 1.807) is 35.0 Å². The molecule has 2 aliphatic rings. The second-order valence-electron chi connectivity index (χ2n) is 8.16. The monoisotopic (exact) mass is 457 g/mol. The zero-order valence-electron chi connectivity index (χ0n) is 19.6. The van der Waals surface area contributed by atoms with Gasteiger partial charge in [0.25, 0.3) is 0 Å². The molecule has 0 spiro atoms. The predicted molar refractivity (Wildman–Crippen MR) is 135 cm³/mol. The first-order valence-electron chi connectivity index (χ1n) is 11.6. The van der Waals surface area contributed by atoms with Crippen LogP contribution in [-0.4, -0.2) is 33.1 Å². The average Bonchev–Trinajstić information content (AvgIpc) is 2.98. The van der Waals surface area contributed by atoms with Gasteiger partial charge in [-0.1, -0.05) is 45.1 Å². The fourth-order valence-corrected chi connectivity index (χ4v) is 4.19. The number of nitrogen functional groups attached to an aromatic ring is 1. The molecule has 7 heteroatoms. The van der Waals surface area contributed by atoms with Gasteiger partial charge in [-0.15, -0.1) is 0 Å². The van der Waals surface area contributed by atoms with Gasteiger partial charge in [0.15, 0.2) is 11.6 Å². The number of anilines is 1. The number of aromatic nitrogens is 3. The Hall–Kier alpha value is -3.87. The van der Waals surface area contributed by atoms with Crippen molar-refractivity contribution in [3.63, 3.8) is 0 Å². The summed E-state index contributed by atoms with van der Waals surface area (Å²) in [4.78, 5) is 26.4. The van der Waals surface area contributed by atoms with Crippen molar-refractivity contribution in [1.29, 1.82) is 0 Å². The summed E-state index contributed by atoms with van der Waals surface area (Å²) in [5.41, 5.74) is 10.4. The van der Waals surface area contributed by atoms with Crippen molar-refractivity contribution in [3.8, 4) is 17.2 Å². The van der Waals surface area contributed by atoms with Crippen molar-refractivity contribution < 1.29 is 9.18 Å². The van der Waals surface area contributed by atoms with Gasteiger partial charge in [0.2, 0.25) is 0 Å².